The molecule has 1 N–H and O–H groups in total. The average Bonchev–Trinajstić information content (AvgIpc) is 2.33. The highest BCUT2D eigenvalue weighted by Crippen LogP contribution is 2.34. The Labute approximate surface area is 99.3 Å². The summed E-state index contributed by atoms with van der Waals surface area (Å²) in [4.78, 5) is 13.3. The van der Waals surface area contributed by atoms with Crippen LogP contribution in [0.25, 0.3) is 0 Å². The lowest BCUT2D eigenvalue weighted by Crippen LogP contribution is -2.47. The number of piperazine rings is 1. The second kappa shape index (κ2) is 5.16. The monoisotopic (exact) mass is 248 g/mol. The van der Waals surface area contributed by atoms with Gasteiger partial charge in [0.2, 0.25) is 5.92 Å². The minimum Gasteiger partial charge on any atom is -0.446 e. The normalized spacial score (nSPS) is 25.6. The Morgan fingerprint density at radius 3 is 2.41 bits per heavy atom. The van der Waals surface area contributed by atoms with Crippen molar-refractivity contribution in [2.24, 2.45) is 0 Å². The first-order chi connectivity index (χ1) is 8.07. The molecule has 17 heavy (non-hydrogen) atoms. The standard InChI is InChI=1S/C11H18F2N2O2/c12-11(13)3-1-9(2-4-11)17-10(16)15-7-5-14-6-8-15/h9,14H,1-8H2. The number of carbonyl (C=O) groups is 1. The lowest BCUT2D eigenvalue weighted by molar-refractivity contribution is -0.0690. The van der Waals surface area contributed by atoms with Crippen molar-refractivity contribution in [3.63, 3.8) is 0 Å². The molecule has 0 atom stereocenters. The summed E-state index contributed by atoms with van der Waals surface area (Å²) >= 11 is 0. The summed E-state index contributed by atoms with van der Waals surface area (Å²) in [6.45, 7) is 2.78. The molecule has 0 aromatic rings. The minimum absolute atomic E-state index is 0.174. The quantitative estimate of drug-likeness (QED) is 0.766. The third-order valence-corrected chi connectivity index (χ3v) is 3.31. The van der Waals surface area contributed by atoms with Gasteiger partial charge in [0.15, 0.2) is 0 Å². The molecule has 0 unspecified atom stereocenters. The van der Waals surface area contributed by atoms with Gasteiger partial charge in [-0.15, -0.1) is 0 Å². The molecule has 2 fully saturated rings. The van der Waals surface area contributed by atoms with Crippen LogP contribution >= 0.6 is 0 Å². The van der Waals surface area contributed by atoms with Crippen molar-refractivity contribution >= 4 is 6.09 Å². The fourth-order valence-corrected chi connectivity index (χ4v) is 2.20. The van der Waals surface area contributed by atoms with Crippen LogP contribution in [0.15, 0.2) is 0 Å². The molecule has 4 nitrogen and oxygen atoms in total. The van der Waals surface area contributed by atoms with Crippen LogP contribution in [-0.2, 0) is 4.74 Å². The van der Waals surface area contributed by atoms with Gasteiger partial charge in [0.25, 0.3) is 0 Å². The van der Waals surface area contributed by atoms with E-state index in [1.54, 1.807) is 4.90 Å². The number of hydrogen-bond acceptors (Lipinski definition) is 3. The maximum atomic E-state index is 12.9. The SMILES string of the molecule is O=C(OC1CCC(F)(F)CC1)N1CCNCC1. The maximum absolute atomic E-state index is 12.9. The van der Waals surface area contributed by atoms with Gasteiger partial charge in [-0.05, 0) is 12.8 Å². The van der Waals surface area contributed by atoms with E-state index in [2.05, 4.69) is 5.32 Å². The average molecular weight is 248 g/mol. The molecule has 1 saturated heterocycles. The van der Waals surface area contributed by atoms with E-state index in [4.69, 9.17) is 4.74 Å². The van der Waals surface area contributed by atoms with Crippen molar-refractivity contribution in [1.82, 2.24) is 10.2 Å². The molecule has 2 rings (SSSR count). The summed E-state index contributed by atoms with van der Waals surface area (Å²) in [5.74, 6) is -2.57. The fraction of sp³-hybridized carbons (Fsp3) is 0.909. The molecule has 0 radical (unpaired) electrons. The summed E-state index contributed by atoms with van der Waals surface area (Å²) < 4.78 is 31.1. The van der Waals surface area contributed by atoms with Crippen molar-refractivity contribution in [2.45, 2.75) is 37.7 Å². The molecule has 0 aromatic heterocycles. The number of alkyl halides is 2. The summed E-state index contributed by atoms with van der Waals surface area (Å²) in [6.07, 6.45) is -0.506. The molecule has 1 aliphatic heterocycles. The third-order valence-electron chi connectivity index (χ3n) is 3.31. The predicted octanol–water partition coefficient (Wildman–Crippen LogP) is 1.61. The van der Waals surface area contributed by atoms with E-state index in [0.717, 1.165) is 13.1 Å². The molecule has 1 heterocycles. The van der Waals surface area contributed by atoms with Crippen molar-refractivity contribution in [3.8, 4) is 0 Å². The Morgan fingerprint density at radius 2 is 1.82 bits per heavy atom. The van der Waals surface area contributed by atoms with E-state index in [-0.39, 0.29) is 37.9 Å². The lowest BCUT2D eigenvalue weighted by atomic mass is 9.94. The van der Waals surface area contributed by atoms with Crippen molar-refractivity contribution in [3.05, 3.63) is 0 Å². The smallest absolute Gasteiger partial charge is 0.410 e. The number of rotatable bonds is 1. The molecule has 1 amide bonds. The number of halogens is 2. The highest BCUT2D eigenvalue weighted by molar-refractivity contribution is 5.68. The Morgan fingerprint density at radius 1 is 1.24 bits per heavy atom. The van der Waals surface area contributed by atoms with E-state index < -0.39 is 5.92 Å². The van der Waals surface area contributed by atoms with Crippen LogP contribution in [0, 0.1) is 0 Å². The third kappa shape index (κ3) is 3.52. The minimum atomic E-state index is -2.57. The van der Waals surface area contributed by atoms with Crippen molar-refractivity contribution in [2.75, 3.05) is 26.2 Å². The maximum Gasteiger partial charge on any atom is 0.410 e. The van der Waals surface area contributed by atoms with Gasteiger partial charge in [-0.3, -0.25) is 0 Å². The van der Waals surface area contributed by atoms with Crippen LogP contribution in [0.3, 0.4) is 0 Å². The van der Waals surface area contributed by atoms with Gasteiger partial charge in [0.05, 0.1) is 0 Å². The van der Waals surface area contributed by atoms with Gasteiger partial charge < -0.3 is 15.0 Å². The van der Waals surface area contributed by atoms with Crippen LogP contribution < -0.4 is 5.32 Å². The summed E-state index contributed by atoms with van der Waals surface area (Å²) in [6, 6.07) is 0. The molecule has 2 aliphatic rings. The molecular formula is C11H18F2N2O2. The summed E-state index contributed by atoms with van der Waals surface area (Å²) in [7, 11) is 0. The van der Waals surface area contributed by atoms with E-state index >= 15 is 0 Å². The zero-order valence-corrected chi connectivity index (χ0v) is 9.75. The fourth-order valence-electron chi connectivity index (χ4n) is 2.20. The number of nitrogens with one attached hydrogen (secondary N) is 1. The highest BCUT2D eigenvalue weighted by Gasteiger charge is 2.36. The second-order valence-electron chi connectivity index (χ2n) is 4.68. The number of hydrogen-bond donors (Lipinski definition) is 1. The number of carbonyl (C=O) groups excluding carboxylic acids is 1. The topological polar surface area (TPSA) is 41.6 Å². The van der Waals surface area contributed by atoms with Crippen molar-refractivity contribution < 1.29 is 18.3 Å². The molecule has 0 spiro atoms. The number of amides is 1. The Kier molecular flexibility index (Phi) is 3.81. The zero-order valence-electron chi connectivity index (χ0n) is 9.75. The second-order valence-corrected chi connectivity index (χ2v) is 4.68. The van der Waals surface area contributed by atoms with Gasteiger partial charge in [-0.25, -0.2) is 13.6 Å². The predicted molar refractivity (Wildman–Crippen MR) is 58.1 cm³/mol. The summed E-state index contributed by atoms with van der Waals surface area (Å²) in [5, 5.41) is 3.14. The number of nitrogens with zero attached hydrogens (tertiary/aromatic N) is 1. The first-order valence-corrected chi connectivity index (χ1v) is 6.11. The molecular weight excluding hydrogens is 230 g/mol. The molecule has 0 aromatic carbocycles. The highest BCUT2D eigenvalue weighted by atomic mass is 19.3. The van der Waals surface area contributed by atoms with Crippen LogP contribution in [-0.4, -0.2) is 49.2 Å². The van der Waals surface area contributed by atoms with E-state index in [1.807, 2.05) is 0 Å². The van der Waals surface area contributed by atoms with Crippen LogP contribution in [0.4, 0.5) is 13.6 Å². The van der Waals surface area contributed by atoms with Gasteiger partial charge in [-0.2, -0.15) is 0 Å². The van der Waals surface area contributed by atoms with E-state index in [0.29, 0.717) is 13.1 Å². The number of ether oxygens (including phenoxy) is 1. The van der Waals surface area contributed by atoms with Gasteiger partial charge in [-0.1, -0.05) is 0 Å². The largest absolute Gasteiger partial charge is 0.446 e. The van der Waals surface area contributed by atoms with E-state index in [1.165, 1.54) is 0 Å². The van der Waals surface area contributed by atoms with Gasteiger partial charge in [0.1, 0.15) is 6.10 Å². The summed E-state index contributed by atoms with van der Waals surface area (Å²) in [5.41, 5.74) is 0. The van der Waals surface area contributed by atoms with Gasteiger partial charge >= 0.3 is 6.09 Å². The molecule has 1 aliphatic carbocycles. The van der Waals surface area contributed by atoms with Crippen LogP contribution in [0.5, 0.6) is 0 Å². The molecule has 98 valence electrons. The Balaban J connectivity index is 1.75. The first kappa shape index (κ1) is 12.5. The molecule has 0 bridgehead atoms. The van der Waals surface area contributed by atoms with E-state index in [9.17, 15) is 13.6 Å². The zero-order chi connectivity index (χ0) is 12.3. The van der Waals surface area contributed by atoms with Gasteiger partial charge in [0, 0.05) is 39.0 Å². The van der Waals surface area contributed by atoms with Crippen molar-refractivity contribution in [1.29, 1.82) is 0 Å². The van der Waals surface area contributed by atoms with Crippen LogP contribution in [0.1, 0.15) is 25.7 Å². The molecule has 1 saturated carbocycles. The Bertz CT molecular complexity index is 271. The molecule has 6 heteroatoms. The van der Waals surface area contributed by atoms with Crippen LogP contribution in [0.2, 0.25) is 0 Å². The lowest BCUT2D eigenvalue weighted by Gasteiger charge is -2.31. The first-order valence-electron chi connectivity index (χ1n) is 6.11. The Hall–Kier alpha value is -0.910.